The summed E-state index contributed by atoms with van der Waals surface area (Å²) >= 11 is 0. The average Bonchev–Trinajstić information content (AvgIpc) is 3.76. The SMILES string of the molecule is c1ccc2c(c1)-c1ccc(-n3c4ccccc4c4cc(-c5cccc6oc7ccccc7c56)ccc43)cc1C21C2CC3CC(C2)CC1C3. The van der Waals surface area contributed by atoms with Gasteiger partial charge in [-0.25, -0.2) is 0 Å². The molecule has 0 atom stereocenters. The van der Waals surface area contributed by atoms with Gasteiger partial charge in [-0.15, -0.1) is 0 Å². The molecule has 5 aliphatic carbocycles. The van der Waals surface area contributed by atoms with E-state index in [-0.39, 0.29) is 5.41 Å². The van der Waals surface area contributed by atoms with Gasteiger partial charge in [-0.3, -0.25) is 0 Å². The van der Waals surface area contributed by atoms with Gasteiger partial charge in [0.15, 0.2) is 0 Å². The van der Waals surface area contributed by atoms with Crippen molar-refractivity contribution >= 4 is 43.7 Å². The van der Waals surface area contributed by atoms with Crippen LogP contribution in [0.1, 0.15) is 43.2 Å². The third-order valence-corrected chi connectivity index (χ3v) is 13.2. The van der Waals surface area contributed by atoms with Crippen molar-refractivity contribution < 1.29 is 4.42 Å². The van der Waals surface area contributed by atoms with E-state index in [1.165, 1.54) is 92.6 Å². The van der Waals surface area contributed by atoms with Gasteiger partial charge in [0.1, 0.15) is 11.2 Å². The van der Waals surface area contributed by atoms with Crippen molar-refractivity contribution in [2.45, 2.75) is 37.5 Å². The molecule has 2 aromatic heterocycles. The Hall–Kier alpha value is -5.08. The molecule has 0 radical (unpaired) electrons. The number of benzene rings is 6. The van der Waals surface area contributed by atoms with Gasteiger partial charge in [0.2, 0.25) is 0 Å². The first-order chi connectivity index (χ1) is 23.8. The summed E-state index contributed by atoms with van der Waals surface area (Å²) in [5.74, 6) is 3.40. The summed E-state index contributed by atoms with van der Waals surface area (Å²) in [7, 11) is 0. The zero-order chi connectivity index (χ0) is 31.1. The third-order valence-electron chi connectivity index (χ3n) is 13.2. The molecule has 1 spiro atoms. The molecule has 8 aromatic rings. The van der Waals surface area contributed by atoms with Crippen molar-refractivity contribution in [1.29, 1.82) is 0 Å². The number of hydrogen-bond donors (Lipinski definition) is 0. The Bertz CT molecular complexity index is 2620. The van der Waals surface area contributed by atoms with E-state index in [1.54, 1.807) is 11.1 Å². The van der Waals surface area contributed by atoms with Crippen LogP contribution in [-0.2, 0) is 5.41 Å². The molecular formula is C46H35NO. The zero-order valence-corrected chi connectivity index (χ0v) is 26.8. The third kappa shape index (κ3) is 3.15. The van der Waals surface area contributed by atoms with Crippen LogP contribution in [0.2, 0.25) is 0 Å². The van der Waals surface area contributed by atoms with E-state index in [9.17, 15) is 0 Å². The van der Waals surface area contributed by atoms with E-state index in [0.29, 0.717) is 0 Å². The predicted octanol–water partition coefficient (Wildman–Crippen LogP) is 12.1. The number of aromatic nitrogens is 1. The highest BCUT2D eigenvalue weighted by Gasteiger charge is 2.61. The van der Waals surface area contributed by atoms with Crippen molar-refractivity contribution in [2.24, 2.45) is 23.7 Å². The van der Waals surface area contributed by atoms with E-state index < -0.39 is 0 Å². The molecule has 4 bridgehead atoms. The molecule has 13 rings (SSSR count). The molecule has 0 unspecified atom stereocenters. The number of nitrogens with zero attached hydrogens (tertiary/aromatic N) is 1. The number of fused-ring (bicyclic) bond motifs is 9. The van der Waals surface area contributed by atoms with Gasteiger partial charge in [-0.2, -0.15) is 0 Å². The summed E-state index contributed by atoms with van der Waals surface area (Å²) in [6.07, 6.45) is 7.10. The lowest BCUT2D eigenvalue weighted by atomic mass is 9.43. The topological polar surface area (TPSA) is 18.1 Å². The summed E-state index contributed by atoms with van der Waals surface area (Å²) in [6, 6.07) is 47.8. The lowest BCUT2D eigenvalue weighted by Gasteiger charge is -2.61. The molecule has 4 fully saturated rings. The molecule has 230 valence electrons. The largest absolute Gasteiger partial charge is 0.456 e. The standard InChI is InChI=1S/C46H35NO/c1-4-12-39-34(8-1)35-18-17-32(26-40(35)46(39)30-21-27-20-28(23-30)24-31(46)22-27)47-41-13-5-2-9-36(41)38-25-29(16-19-42(38)47)33-11-7-15-44-45(33)37-10-3-6-14-43(37)48-44/h1-19,25-28,30-31H,20-24H2. The van der Waals surface area contributed by atoms with E-state index in [0.717, 1.165) is 34.8 Å². The minimum absolute atomic E-state index is 0.160. The van der Waals surface area contributed by atoms with Crippen molar-refractivity contribution in [3.63, 3.8) is 0 Å². The second kappa shape index (κ2) is 9.08. The van der Waals surface area contributed by atoms with Crippen LogP contribution in [-0.4, -0.2) is 4.57 Å². The average molecular weight is 618 g/mol. The minimum atomic E-state index is 0.160. The number of rotatable bonds is 2. The molecule has 2 heteroatoms. The molecule has 0 amide bonds. The fraction of sp³-hybridized carbons (Fsp3) is 0.217. The second-order valence-corrected chi connectivity index (χ2v) is 15.3. The Labute approximate surface area is 279 Å². The summed E-state index contributed by atoms with van der Waals surface area (Å²) < 4.78 is 8.81. The maximum atomic E-state index is 6.27. The Morgan fingerprint density at radius 3 is 2.06 bits per heavy atom. The Balaban J connectivity index is 1.08. The van der Waals surface area contributed by atoms with Crippen molar-refractivity contribution in [1.82, 2.24) is 4.57 Å². The maximum absolute atomic E-state index is 6.27. The van der Waals surface area contributed by atoms with Gasteiger partial charge in [0.25, 0.3) is 0 Å². The van der Waals surface area contributed by atoms with Gasteiger partial charge < -0.3 is 8.98 Å². The molecule has 4 saturated carbocycles. The summed E-state index contributed by atoms with van der Waals surface area (Å²) in [6.45, 7) is 0. The molecule has 0 aliphatic heterocycles. The summed E-state index contributed by atoms with van der Waals surface area (Å²) in [5, 5.41) is 4.95. The Kier molecular flexibility index (Phi) is 4.91. The molecule has 0 saturated heterocycles. The normalized spacial score (nSPS) is 25.2. The summed E-state index contributed by atoms with van der Waals surface area (Å²) in [4.78, 5) is 0. The Morgan fingerprint density at radius 1 is 0.500 bits per heavy atom. The summed E-state index contributed by atoms with van der Waals surface area (Å²) in [5.41, 5.74) is 14.5. The van der Waals surface area contributed by atoms with Crippen LogP contribution in [0.25, 0.3) is 71.7 Å². The highest BCUT2D eigenvalue weighted by atomic mass is 16.3. The second-order valence-electron chi connectivity index (χ2n) is 15.3. The maximum Gasteiger partial charge on any atom is 0.136 e. The smallest absolute Gasteiger partial charge is 0.136 e. The first kappa shape index (κ1) is 25.9. The Morgan fingerprint density at radius 2 is 1.19 bits per heavy atom. The van der Waals surface area contributed by atoms with E-state index in [1.807, 2.05) is 6.07 Å². The number of furan rings is 1. The van der Waals surface area contributed by atoms with Crippen LogP contribution < -0.4 is 0 Å². The lowest BCUT2D eigenvalue weighted by molar-refractivity contribution is -0.0399. The fourth-order valence-corrected chi connectivity index (χ4v) is 11.7. The highest BCUT2D eigenvalue weighted by molar-refractivity contribution is 6.15. The monoisotopic (exact) mass is 617 g/mol. The predicted molar refractivity (Wildman–Crippen MR) is 197 cm³/mol. The van der Waals surface area contributed by atoms with Crippen molar-refractivity contribution in [2.75, 3.05) is 0 Å². The van der Waals surface area contributed by atoms with Gasteiger partial charge in [-0.1, -0.05) is 84.9 Å². The van der Waals surface area contributed by atoms with Crippen LogP contribution in [0, 0.1) is 23.7 Å². The van der Waals surface area contributed by atoms with E-state index >= 15 is 0 Å². The number of para-hydroxylation sites is 2. The van der Waals surface area contributed by atoms with Crippen LogP contribution >= 0.6 is 0 Å². The van der Waals surface area contributed by atoms with Crippen LogP contribution in [0.15, 0.2) is 132 Å². The van der Waals surface area contributed by atoms with E-state index in [2.05, 4.69) is 126 Å². The van der Waals surface area contributed by atoms with Crippen LogP contribution in [0.3, 0.4) is 0 Å². The molecule has 5 aliphatic rings. The first-order valence-electron chi connectivity index (χ1n) is 17.9. The number of hydrogen-bond acceptors (Lipinski definition) is 1. The van der Waals surface area contributed by atoms with Crippen molar-refractivity contribution in [3.8, 4) is 27.9 Å². The van der Waals surface area contributed by atoms with Gasteiger partial charge >= 0.3 is 0 Å². The fourth-order valence-electron chi connectivity index (χ4n) is 11.7. The van der Waals surface area contributed by atoms with Gasteiger partial charge in [-0.05, 0) is 132 Å². The van der Waals surface area contributed by atoms with Crippen LogP contribution in [0.5, 0.6) is 0 Å². The molecule has 2 nitrogen and oxygen atoms in total. The molecular weight excluding hydrogens is 583 g/mol. The van der Waals surface area contributed by atoms with Gasteiger partial charge in [0.05, 0.1) is 11.0 Å². The van der Waals surface area contributed by atoms with Crippen LogP contribution in [0.4, 0.5) is 0 Å². The molecule has 6 aromatic carbocycles. The first-order valence-corrected chi connectivity index (χ1v) is 17.9. The minimum Gasteiger partial charge on any atom is -0.456 e. The quantitative estimate of drug-likeness (QED) is 0.189. The van der Waals surface area contributed by atoms with Crippen molar-refractivity contribution in [3.05, 3.63) is 139 Å². The molecule has 2 heterocycles. The van der Waals surface area contributed by atoms with Gasteiger partial charge in [0, 0.05) is 32.6 Å². The molecule has 48 heavy (non-hydrogen) atoms. The lowest BCUT2D eigenvalue weighted by Crippen LogP contribution is -2.55. The zero-order valence-electron chi connectivity index (χ0n) is 26.8. The molecule has 0 N–H and O–H groups in total. The van der Waals surface area contributed by atoms with E-state index in [4.69, 9.17) is 4.42 Å². The highest BCUT2D eigenvalue weighted by Crippen LogP contribution is 2.69.